The van der Waals surface area contributed by atoms with E-state index in [0.29, 0.717) is 5.92 Å². The number of hydrogen-bond donors (Lipinski definition) is 3. The zero-order valence-electron chi connectivity index (χ0n) is 6.44. The molecule has 10 heavy (non-hydrogen) atoms. The molecular weight excluding hydrogens is 128 g/mol. The van der Waals surface area contributed by atoms with Crippen molar-refractivity contribution in [3.63, 3.8) is 0 Å². The van der Waals surface area contributed by atoms with E-state index in [1.54, 1.807) is 0 Å². The van der Waals surface area contributed by atoms with Crippen LogP contribution in [0, 0.1) is 5.92 Å². The number of hydrogen-bond acceptors (Lipinski definition) is 4. The number of hydrazine groups is 2. The van der Waals surface area contributed by atoms with Gasteiger partial charge in [0, 0.05) is 6.42 Å². The van der Waals surface area contributed by atoms with E-state index in [1.165, 1.54) is 6.42 Å². The summed E-state index contributed by atoms with van der Waals surface area (Å²) >= 11 is 0. The van der Waals surface area contributed by atoms with Crippen molar-refractivity contribution in [1.82, 2.24) is 16.5 Å². The number of hydrazone groups is 1. The van der Waals surface area contributed by atoms with Crippen molar-refractivity contribution in [2.75, 3.05) is 0 Å². The predicted molar refractivity (Wildman–Crippen MR) is 40.9 cm³/mol. The Balaban J connectivity index is 2.23. The summed E-state index contributed by atoms with van der Waals surface area (Å²) in [5.74, 6) is 1.70. The molecular formula is C6H14N4. The lowest BCUT2D eigenvalue weighted by Gasteiger charge is -2.05. The maximum absolute atomic E-state index is 3.97. The topological polar surface area (TPSA) is 48.5 Å². The van der Waals surface area contributed by atoms with Crippen LogP contribution in [0.15, 0.2) is 5.10 Å². The van der Waals surface area contributed by atoms with Gasteiger partial charge in [-0.2, -0.15) is 0 Å². The zero-order chi connectivity index (χ0) is 7.40. The Morgan fingerprint density at radius 2 is 2.40 bits per heavy atom. The van der Waals surface area contributed by atoms with Crippen LogP contribution in [0.4, 0.5) is 0 Å². The second-order valence-corrected chi connectivity index (χ2v) is 2.64. The molecule has 0 aromatic carbocycles. The average molecular weight is 142 g/mol. The van der Waals surface area contributed by atoms with Crippen molar-refractivity contribution in [1.29, 1.82) is 0 Å². The van der Waals surface area contributed by atoms with Gasteiger partial charge in [0.05, 0.1) is 0 Å². The molecule has 58 valence electrons. The normalized spacial score (nSPS) is 19.2. The number of nitrogens with one attached hydrogen (secondary N) is 3. The van der Waals surface area contributed by atoms with Gasteiger partial charge in [-0.1, -0.05) is 20.3 Å². The molecule has 1 heterocycles. The lowest BCUT2D eigenvalue weighted by molar-refractivity contribution is 0.560. The van der Waals surface area contributed by atoms with Gasteiger partial charge in [0.25, 0.3) is 0 Å². The smallest absolute Gasteiger partial charge is 0.139 e. The summed E-state index contributed by atoms with van der Waals surface area (Å²) in [4.78, 5) is 0. The van der Waals surface area contributed by atoms with Gasteiger partial charge in [-0.15, -0.1) is 10.6 Å². The van der Waals surface area contributed by atoms with Crippen LogP contribution in [0.3, 0.4) is 0 Å². The lowest BCUT2D eigenvalue weighted by atomic mass is 10.1. The summed E-state index contributed by atoms with van der Waals surface area (Å²) < 4.78 is 0. The van der Waals surface area contributed by atoms with E-state index in [-0.39, 0.29) is 0 Å². The molecule has 1 unspecified atom stereocenters. The van der Waals surface area contributed by atoms with Crippen molar-refractivity contribution in [2.24, 2.45) is 11.0 Å². The maximum atomic E-state index is 3.97. The Kier molecular flexibility index (Phi) is 2.50. The Morgan fingerprint density at radius 1 is 1.60 bits per heavy atom. The van der Waals surface area contributed by atoms with E-state index in [4.69, 9.17) is 0 Å². The third-order valence-electron chi connectivity index (χ3n) is 1.69. The second kappa shape index (κ2) is 3.41. The third kappa shape index (κ3) is 1.88. The van der Waals surface area contributed by atoms with Gasteiger partial charge in [0.15, 0.2) is 0 Å². The van der Waals surface area contributed by atoms with Crippen LogP contribution < -0.4 is 16.5 Å². The van der Waals surface area contributed by atoms with Crippen molar-refractivity contribution < 1.29 is 0 Å². The zero-order valence-corrected chi connectivity index (χ0v) is 6.44. The molecule has 0 bridgehead atoms. The second-order valence-electron chi connectivity index (χ2n) is 2.64. The van der Waals surface area contributed by atoms with E-state index in [9.17, 15) is 0 Å². The summed E-state index contributed by atoms with van der Waals surface area (Å²) in [6.07, 6.45) is 2.21. The van der Waals surface area contributed by atoms with E-state index in [0.717, 1.165) is 12.3 Å². The van der Waals surface area contributed by atoms with Gasteiger partial charge >= 0.3 is 0 Å². The van der Waals surface area contributed by atoms with Gasteiger partial charge in [-0.05, 0) is 5.92 Å². The van der Waals surface area contributed by atoms with Crippen LogP contribution in [0.25, 0.3) is 0 Å². The molecule has 3 N–H and O–H groups in total. The minimum absolute atomic E-state index is 0.702. The maximum Gasteiger partial charge on any atom is 0.139 e. The first-order valence-corrected chi connectivity index (χ1v) is 3.65. The molecule has 1 aliphatic rings. The highest BCUT2D eigenvalue weighted by Crippen LogP contribution is 2.06. The number of rotatable bonds is 3. The molecule has 0 aromatic rings. The third-order valence-corrected chi connectivity index (χ3v) is 1.69. The van der Waals surface area contributed by atoms with Crippen LogP contribution in [0.1, 0.15) is 26.7 Å². The number of amidine groups is 1. The summed E-state index contributed by atoms with van der Waals surface area (Å²) in [5, 5.41) is 3.97. The van der Waals surface area contributed by atoms with E-state index >= 15 is 0 Å². The molecule has 4 nitrogen and oxygen atoms in total. The van der Waals surface area contributed by atoms with Gasteiger partial charge < -0.3 is 0 Å². The molecule has 1 atom stereocenters. The summed E-state index contributed by atoms with van der Waals surface area (Å²) in [6.45, 7) is 4.39. The monoisotopic (exact) mass is 142 g/mol. The van der Waals surface area contributed by atoms with Gasteiger partial charge in [-0.3, -0.25) is 5.43 Å². The highest BCUT2D eigenvalue weighted by molar-refractivity contribution is 5.82. The van der Waals surface area contributed by atoms with Crippen molar-refractivity contribution in [3.8, 4) is 0 Å². The van der Waals surface area contributed by atoms with Crippen molar-refractivity contribution in [3.05, 3.63) is 0 Å². The summed E-state index contributed by atoms with van der Waals surface area (Å²) in [7, 11) is 0. The molecule has 4 heteroatoms. The largest absolute Gasteiger partial charge is 0.289 e. The molecule has 0 saturated heterocycles. The van der Waals surface area contributed by atoms with Crippen LogP contribution >= 0.6 is 0 Å². The first kappa shape index (κ1) is 7.34. The van der Waals surface area contributed by atoms with Crippen LogP contribution in [-0.4, -0.2) is 5.84 Å². The molecule has 1 rings (SSSR count). The first-order chi connectivity index (χ1) is 4.83. The molecule has 0 fully saturated rings. The number of nitrogens with zero attached hydrogens (tertiary/aromatic N) is 1. The Bertz CT molecular complexity index is 132. The van der Waals surface area contributed by atoms with Crippen LogP contribution in [0.2, 0.25) is 0 Å². The van der Waals surface area contributed by atoms with E-state index < -0.39 is 0 Å². The lowest BCUT2D eigenvalue weighted by Crippen LogP contribution is -2.35. The SMILES string of the molecule is CCC(C)CC1=NNNN1. The van der Waals surface area contributed by atoms with E-state index in [2.05, 4.69) is 35.4 Å². The summed E-state index contributed by atoms with van der Waals surface area (Å²) in [6, 6.07) is 0. The van der Waals surface area contributed by atoms with Gasteiger partial charge in [-0.25, -0.2) is 5.53 Å². The fourth-order valence-electron chi connectivity index (χ4n) is 0.795. The molecule has 1 aliphatic heterocycles. The fraction of sp³-hybridized carbons (Fsp3) is 0.833. The first-order valence-electron chi connectivity index (χ1n) is 3.65. The minimum atomic E-state index is 0.702. The predicted octanol–water partition coefficient (Wildman–Crippen LogP) is 0.348. The average Bonchev–Trinajstić information content (AvgIpc) is 2.40. The molecule has 0 aliphatic carbocycles. The molecule has 0 radical (unpaired) electrons. The fourth-order valence-corrected chi connectivity index (χ4v) is 0.795. The minimum Gasteiger partial charge on any atom is -0.289 e. The summed E-state index contributed by atoms with van der Waals surface area (Å²) in [5.41, 5.74) is 8.24. The molecule has 0 spiro atoms. The molecule has 0 amide bonds. The Hall–Kier alpha value is -0.770. The standard InChI is InChI=1S/C6H14N4/c1-3-5(2)4-6-7-9-10-8-6/h5,9-10H,3-4H2,1-2H3,(H,7,8). The van der Waals surface area contributed by atoms with Crippen LogP contribution in [-0.2, 0) is 0 Å². The highest BCUT2D eigenvalue weighted by atomic mass is 15.8. The molecule has 0 aromatic heterocycles. The van der Waals surface area contributed by atoms with Crippen molar-refractivity contribution >= 4 is 5.84 Å². The highest BCUT2D eigenvalue weighted by Gasteiger charge is 2.07. The Labute approximate surface area is 61.0 Å². The quantitative estimate of drug-likeness (QED) is 0.533. The van der Waals surface area contributed by atoms with E-state index in [1.807, 2.05) is 0 Å². The Morgan fingerprint density at radius 3 is 2.90 bits per heavy atom. The van der Waals surface area contributed by atoms with Crippen LogP contribution in [0.5, 0.6) is 0 Å². The van der Waals surface area contributed by atoms with Gasteiger partial charge in [0.1, 0.15) is 5.84 Å². The molecule has 0 saturated carbocycles. The van der Waals surface area contributed by atoms with Gasteiger partial charge in [0.2, 0.25) is 0 Å². The van der Waals surface area contributed by atoms with Crippen molar-refractivity contribution in [2.45, 2.75) is 26.7 Å².